The van der Waals surface area contributed by atoms with Crippen molar-refractivity contribution in [3.05, 3.63) is 241 Å². The van der Waals surface area contributed by atoms with E-state index in [0.29, 0.717) is 52.9 Å². The first kappa shape index (κ1) is 68.2. The minimum Gasteiger partial charge on any atom is -0.490 e. The highest BCUT2D eigenvalue weighted by molar-refractivity contribution is 5.43. The van der Waals surface area contributed by atoms with Crippen molar-refractivity contribution in [2.24, 2.45) is 0 Å². The van der Waals surface area contributed by atoms with Gasteiger partial charge in [0.25, 0.3) is 0 Å². The molecule has 0 spiro atoms. The molecule has 4 heterocycles. The first-order valence-electron chi connectivity index (χ1n) is 32.6. The summed E-state index contributed by atoms with van der Waals surface area (Å²) in [6.45, 7) is 19.7. The van der Waals surface area contributed by atoms with Crippen LogP contribution in [0, 0.1) is 0 Å². The minimum atomic E-state index is -0.175. The van der Waals surface area contributed by atoms with Crippen molar-refractivity contribution >= 4 is 0 Å². The van der Waals surface area contributed by atoms with Gasteiger partial charge in [0.1, 0.15) is 24.4 Å². The van der Waals surface area contributed by atoms with E-state index in [1.807, 2.05) is 198 Å². The van der Waals surface area contributed by atoms with E-state index >= 15 is 0 Å². The van der Waals surface area contributed by atoms with E-state index < -0.39 is 0 Å². The highest BCUT2D eigenvalue weighted by atomic mass is 16.6. The van der Waals surface area contributed by atoms with E-state index in [2.05, 4.69) is 69.8 Å². The van der Waals surface area contributed by atoms with Crippen LogP contribution in [0.2, 0.25) is 0 Å². The van der Waals surface area contributed by atoms with E-state index in [1.165, 1.54) is 0 Å². The normalized spacial score (nSPS) is 19.1. The molecule has 0 unspecified atom stereocenters. The van der Waals surface area contributed by atoms with Crippen LogP contribution in [0.5, 0.6) is 46.0 Å². The lowest BCUT2D eigenvalue weighted by molar-refractivity contribution is -0.0439. The molecule has 8 aromatic carbocycles. The van der Waals surface area contributed by atoms with Crippen LogP contribution in [0.25, 0.3) is 0 Å². The monoisotopic (exact) mass is 1250 g/mol. The summed E-state index contributed by atoms with van der Waals surface area (Å²) in [6, 6.07) is 72.0. The Balaban J connectivity index is 0.000000145. The zero-order chi connectivity index (χ0) is 63.6. The van der Waals surface area contributed by atoms with Crippen LogP contribution in [0.3, 0.4) is 0 Å². The zero-order valence-corrected chi connectivity index (χ0v) is 53.6. The average molecular weight is 1250 g/mol. The lowest BCUT2D eigenvalue weighted by Crippen LogP contribution is -2.43. The second-order valence-electron chi connectivity index (χ2n) is 21.8. The molecule has 488 valence electrons. The standard InChI is InChI=1S/4C19H23NO3/c4*1-2-21-16-10-6-7-11-17(16)23-19(15-8-4-3-5-9-15)18-14-20-12-13-22-18/h4*3-11,18-20H,2,12-14H2,1H3/t2*18-,19+;2*18-,19-/m1010/s1. The number of hydrogen-bond donors (Lipinski definition) is 4. The Hall–Kier alpha value is -8.16. The van der Waals surface area contributed by atoms with Crippen LogP contribution in [-0.2, 0) is 18.9 Å². The van der Waals surface area contributed by atoms with Gasteiger partial charge >= 0.3 is 0 Å². The molecule has 0 bridgehead atoms. The lowest BCUT2D eigenvalue weighted by atomic mass is 10.0. The van der Waals surface area contributed by atoms with Gasteiger partial charge in [-0.2, -0.15) is 0 Å². The van der Waals surface area contributed by atoms with Gasteiger partial charge in [-0.3, -0.25) is 0 Å². The molecule has 0 aromatic heterocycles. The van der Waals surface area contributed by atoms with Crippen molar-refractivity contribution in [3.63, 3.8) is 0 Å². The first-order valence-corrected chi connectivity index (χ1v) is 32.6. The molecular formula is C76H92N4O12. The second kappa shape index (κ2) is 38.6. The van der Waals surface area contributed by atoms with Gasteiger partial charge in [0.15, 0.2) is 70.4 Å². The second-order valence-corrected chi connectivity index (χ2v) is 21.8. The van der Waals surface area contributed by atoms with Crippen LogP contribution in [-0.4, -0.2) is 130 Å². The summed E-state index contributed by atoms with van der Waals surface area (Å²) in [7, 11) is 0. The Morgan fingerprint density at radius 1 is 0.272 bits per heavy atom. The summed E-state index contributed by atoms with van der Waals surface area (Å²) in [4.78, 5) is 0. The molecule has 4 aliphatic rings. The maximum absolute atomic E-state index is 6.33. The summed E-state index contributed by atoms with van der Waals surface area (Å²) in [5, 5.41) is 13.5. The van der Waals surface area contributed by atoms with Gasteiger partial charge in [-0.25, -0.2) is 0 Å². The van der Waals surface area contributed by atoms with E-state index in [1.54, 1.807) is 0 Å². The maximum Gasteiger partial charge on any atom is 0.162 e. The predicted octanol–water partition coefficient (Wildman–Crippen LogP) is 12.8. The summed E-state index contributed by atoms with van der Waals surface area (Å²) in [5.41, 5.74) is 4.42. The molecule has 0 radical (unpaired) electrons. The van der Waals surface area contributed by atoms with Crippen LogP contribution >= 0.6 is 0 Å². The molecule has 4 fully saturated rings. The van der Waals surface area contributed by atoms with Crippen molar-refractivity contribution in [1.29, 1.82) is 0 Å². The SMILES string of the molecule is CCOc1ccccc1O[C@@H](c1ccccc1)[C@@H]1CNCCO1.CCOc1ccccc1O[C@@H](c1ccccc1)[C@H]1CNCCO1.CCOc1ccccc1O[C@H](c1ccccc1)[C@@H]1CNCCO1.CCOc1ccccc1O[C@H](c1ccccc1)[C@H]1CNCCO1. The number of benzene rings is 8. The largest absolute Gasteiger partial charge is 0.490 e. The topological polar surface area (TPSA) is 159 Å². The van der Waals surface area contributed by atoms with Gasteiger partial charge in [-0.05, 0) is 98.5 Å². The smallest absolute Gasteiger partial charge is 0.162 e. The van der Waals surface area contributed by atoms with E-state index in [4.69, 9.17) is 56.8 Å². The fourth-order valence-corrected chi connectivity index (χ4v) is 11.0. The van der Waals surface area contributed by atoms with Crippen LogP contribution in [0.1, 0.15) is 74.4 Å². The Kier molecular flexibility index (Phi) is 28.6. The molecule has 4 saturated heterocycles. The lowest BCUT2D eigenvalue weighted by Gasteiger charge is -2.32. The van der Waals surface area contributed by atoms with Crippen molar-refractivity contribution in [1.82, 2.24) is 21.3 Å². The third-order valence-corrected chi connectivity index (χ3v) is 15.3. The minimum absolute atomic E-state index is 0.0270. The molecule has 12 rings (SSSR count). The third kappa shape index (κ3) is 20.9. The summed E-state index contributed by atoms with van der Waals surface area (Å²) < 4.78 is 71.8. The fourth-order valence-electron chi connectivity index (χ4n) is 11.0. The number of nitrogens with one attached hydrogen (secondary N) is 4. The summed E-state index contributed by atoms with van der Waals surface area (Å²) in [6.07, 6.45) is -0.809. The van der Waals surface area contributed by atoms with E-state index in [9.17, 15) is 0 Å². The molecule has 0 aliphatic carbocycles. The molecule has 16 nitrogen and oxygen atoms in total. The van der Waals surface area contributed by atoms with Crippen molar-refractivity contribution < 1.29 is 56.8 Å². The van der Waals surface area contributed by atoms with Crippen LogP contribution in [0.15, 0.2) is 218 Å². The van der Waals surface area contributed by atoms with Crippen molar-refractivity contribution in [3.8, 4) is 46.0 Å². The fraction of sp³-hybridized carbons (Fsp3) is 0.368. The average Bonchev–Trinajstić information content (AvgIpc) is 1.16. The van der Waals surface area contributed by atoms with Gasteiger partial charge in [-0.15, -0.1) is 0 Å². The molecule has 4 aliphatic heterocycles. The van der Waals surface area contributed by atoms with Gasteiger partial charge in [-0.1, -0.05) is 170 Å². The maximum atomic E-state index is 6.33. The molecule has 4 N–H and O–H groups in total. The number of hydrogen-bond acceptors (Lipinski definition) is 16. The Labute approximate surface area is 544 Å². The first-order chi connectivity index (χ1) is 45.5. The van der Waals surface area contributed by atoms with Gasteiger partial charge < -0.3 is 78.1 Å². The van der Waals surface area contributed by atoms with E-state index in [0.717, 1.165) is 121 Å². The number of ether oxygens (including phenoxy) is 12. The quantitative estimate of drug-likeness (QED) is 0.0452. The molecule has 8 aromatic rings. The highest BCUT2D eigenvalue weighted by Gasteiger charge is 2.33. The molecule has 8 atom stereocenters. The highest BCUT2D eigenvalue weighted by Crippen LogP contribution is 2.38. The Morgan fingerprint density at radius 3 is 0.630 bits per heavy atom. The molecular weight excluding hydrogens is 1160 g/mol. The summed E-state index contributed by atoms with van der Waals surface area (Å²) in [5.74, 6) is 6.04. The number of para-hydroxylation sites is 8. The molecule has 92 heavy (non-hydrogen) atoms. The number of morpholine rings is 4. The predicted molar refractivity (Wildman–Crippen MR) is 360 cm³/mol. The third-order valence-electron chi connectivity index (χ3n) is 15.3. The zero-order valence-electron chi connectivity index (χ0n) is 53.6. The van der Waals surface area contributed by atoms with Gasteiger partial charge in [0, 0.05) is 52.4 Å². The summed E-state index contributed by atoms with van der Waals surface area (Å²) >= 11 is 0. The number of rotatable bonds is 24. The van der Waals surface area contributed by atoms with Crippen molar-refractivity contribution in [2.75, 3.05) is 105 Å². The van der Waals surface area contributed by atoms with E-state index in [-0.39, 0.29) is 48.8 Å². The van der Waals surface area contributed by atoms with Gasteiger partial charge in [0.2, 0.25) is 0 Å². The van der Waals surface area contributed by atoms with Gasteiger partial charge in [0.05, 0.1) is 52.9 Å². The molecule has 0 saturated carbocycles. The van der Waals surface area contributed by atoms with Crippen LogP contribution < -0.4 is 59.2 Å². The Bertz CT molecular complexity index is 2820. The van der Waals surface area contributed by atoms with Crippen molar-refractivity contribution in [2.45, 2.75) is 76.5 Å². The molecule has 0 amide bonds. The molecule has 16 heteroatoms. The van der Waals surface area contributed by atoms with Crippen LogP contribution in [0.4, 0.5) is 0 Å². The Morgan fingerprint density at radius 2 is 0.457 bits per heavy atom.